The molecule has 3 N–H and O–H groups in total. The van der Waals surface area contributed by atoms with E-state index < -0.39 is 12.6 Å². The second-order valence-corrected chi connectivity index (χ2v) is 4.71. The Morgan fingerprint density at radius 2 is 1.75 bits per heavy atom. The highest BCUT2D eigenvalue weighted by molar-refractivity contribution is 5.78. The number of aliphatic imine (C=N–C) groups is 1. The van der Waals surface area contributed by atoms with E-state index in [9.17, 15) is 13.2 Å². The molecule has 0 spiro atoms. The SMILES string of the molecule is CC(C)(C)NC(N)=NCCCCC(F)(F)F. The van der Waals surface area contributed by atoms with Gasteiger partial charge in [-0.15, -0.1) is 0 Å². The normalized spacial score (nSPS) is 14.0. The third kappa shape index (κ3) is 11.1. The maximum atomic E-state index is 11.8. The molecule has 0 aliphatic heterocycles. The van der Waals surface area contributed by atoms with Gasteiger partial charge in [0.05, 0.1) is 0 Å². The molecule has 6 heteroatoms. The molecule has 0 amide bonds. The molecule has 0 heterocycles. The topological polar surface area (TPSA) is 50.4 Å². The molecular formula is C10H20F3N3. The van der Waals surface area contributed by atoms with Gasteiger partial charge in [0.15, 0.2) is 5.96 Å². The van der Waals surface area contributed by atoms with Crippen molar-refractivity contribution < 1.29 is 13.2 Å². The fourth-order valence-electron chi connectivity index (χ4n) is 1.06. The summed E-state index contributed by atoms with van der Waals surface area (Å²) < 4.78 is 35.4. The number of guanidine groups is 1. The lowest BCUT2D eigenvalue weighted by molar-refractivity contribution is -0.135. The Labute approximate surface area is 94.3 Å². The maximum Gasteiger partial charge on any atom is 0.389 e. The molecule has 96 valence electrons. The van der Waals surface area contributed by atoms with E-state index in [0.29, 0.717) is 13.0 Å². The number of hydrogen-bond acceptors (Lipinski definition) is 1. The molecule has 0 aliphatic carbocycles. The average molecular weight is 239 g/mol. The van der Waals surface area contributed by atoms with E-state index in [-0.39, 0.29) is 17.9 Å². The van der Waals surface area contributed by atoms with Gasteiger partial charge in [0.1, 0.15) is 0 Å². The van der Waals surface area contributed by atoms with Crippen molar-refractivity contribution in [3.63, 3.8) is 0 Å². The molecule has 0 saturated heterocycles. The minimum atomic E-state index is -4.07. The van der Waals surface area contributed by atoms with Crippen molar-refractivity contribution >= 4 is 5.96 Å². The molecular weight excluding hydrogens is 219 g/mol. The second kappa shape index (κ2) is 5.96. The monoisotopic (exact) mass is 239 g/mol. The van der Waals surface area contributed by atoms with Gasteiger partial charge in [-0.2, -0.15) is 13.2 Å². The fourth-order valence-corrected chi connectivity index (χ4v) is 1.06. The molecule has 0 rings (SSSR count). The predicted molar refractivity (Wildman–Crippen MR) is 59.3 cm³/mol. The number of alkyl halides is 3. The summed E-state index contributed by atoms with van der Waals surface area (Å²) in [5.41, 5.74) is 5.36. The number of nitrogens with two attached hydrogens (primary N) is 1. The Morgan fingerprint density at radius 1 is 1.19 bits per heavy atom. The first kappa shape index (κ1) is 15.1. The Balaban J connectivity index is 3.68. The van der Waals surface area contributed by atoms with E-state index in [1.807, 2.05) is 20.8 Å². The van der Waals surface area contributed by atoms with Gasteiger partial charge < -0.3 is 11.1 Å². The van der Waals surface area contributed by atoms with Crippen LogP contribution in [0.3, 0.4) is 0 Å². The summed E-state index contributed by atoms with van der Waals surface area (Å²) in [7, 11) is 0. The summed E-state index contributed by atoms with van der Waals surface area (Å²) in [5, 5.41) is 2.93. The van der Waals surface area contributed by atoms with Crippen LogP contribution in [0.5, 0.6) is 0 Å². The Morgan fingerprint density at radius 3 is 2.19 bits per heavy atom. The molecule has 0 aromatic carbocycles. The van der Waals surface area contributed by atoms with Gasteiger partial charge in [-0.1, -0.05) is 0 Å². The number of rotatable bonds is 4. The van der Waals surface area contributed by atoms with Crippen LogP contribution in [0.15, 0.2) is 4.99 Å². The lowest BCUT2D eigenvalue weighted by Crippen LogP contribution is -2.45. The smallest absolute Gasteiger partial charge is 0.370 e. The van der Waals surface area contributed by atoms with Crippen LogP contribution in [0.1, 0.15) is 40.0 Å². The van der Waals surface area contributed by atoms with Crippen LogP contribution in [0.2, 0.25) is 0 Å². The van der Waals surface area contributed by atoms with Crippen LogP contribution in [-0.4, -0.2) is 24.2 Å². The number of nitrogens with zero attached hydrogens (tertiary/aromatic N) is 1. The Bertz CT molecular complexity index is 228. The van der Waals surface area contributed by atoms with Crippen molar-refractivity contribution in [3.8, 4) is 0 Å². The van der Waals surface area contributed by atoms with Crippen molar-refractivity contribution in [2.45, 2.75) is 51.7 Å². The van der Waals surface area contributed by atoms with Gasteiger partial charge in [0.25, 0.3) is 0 Å². The van der Waals surface area contributed by atoms with Crippen molar-refractivity contribution in [2.24, 2.45) is 10.7 Å². The molecule has 16 heavy (non-hydrogen) atoms. The highest BCUT2D eigenvalue weighted by Crippen LogP contribution is 2.21. The first-order chi connectivity index (χ1) is 7.10. The second-order valence-electron chi connectivity index (χ2n) is 4.71. The van der Waals surface area contributed by atoms with Gasteiger partial charge in [0, 0.05) is 18.5 Å². The van der Waals surface area contributed by atoms with Crippen LogP contribution in [0.4, 0.5) is 13.2 Å². The molecule has 0 saturated carbocycles. The van der Waals surface area contributed by atoms with Crippen LogP contribution < -0.4 is 11.1 Å². The fraction of sp³-hybridized carbons (Fsp3) is 0.900. The molecule has 0 aromatic rings. The van der Waals surface area contributed by atoms with Crippen molar-refractivity contribution in [1.29, 1.82) is 0 Å². The maximum absolute atomic E-state index is 11.8. The highest BCUT2D eigenvalue weighted by atomic mass is 19.4. The van der Waals surface area contributed by atoms with Gasteiger partial charge in [0.2, 0.25) is 0 Å². The van der Waals surface area contributed by atoms with E-state index in [2.05, 4.69) is 10.3 Å². The van der Waals surface area contributed by atoms with Crippen molar-refractivity contribution in [2.75, 3.05) is 6.54 Å². The summed E-state index contributed by atoms with van der Waals surface area (Å²) >= 11 is 0. The van der Waals surface area contributed by atoms with Gasteiger partial charge in [-0.05, 0) is 33.6 Å². The first-order valence-electron chi connectivity index (χ1n) is 5.25. The van der Waals surface area contributed by atoms with Crippen LogP contribution in [0.25, 0.3) is 0 Å². The molecule has 0 fully saturated rings. The molecule has 0 radical (unpaired) electrons. The first-order valence-corrected chi connectivity index (χ1v) is 5.25. The third-order valence-corrected chi connectivity index (χ3v) is 1.65. The molecule has 3 nitrogen and oxygen atoms in total. The number of unbranched alkanes of at least 4 members (excludes halogenated alkanes) is 1. The Kier molecular flexibility index (Phi) is 5.61. The van der Waals surface area contributed by atoms with E-state index in [0.717, 1.165) is 0 Å². The summed E-state index contributed by atoms with van der Waals surface area (Å²) in [6.07, 6.45) is -4.34. The van der Waals surface area contributed by atoms with Crippen LogP contribution in [-0.2, 0) is 0 Å². The van der Waals surface area contributed by atoms with Gasteiger partial charge in [-0.3, -0.25) is 4.99 Å². The van der Waals surface area contributed by atoms with Crippen LogP contribution in [0, 0.1) is 0 Å². The quantitative estimate of drug-likeness (QED) is 0.449. The predicted octanol–water partition coefficient (Wildman–Crippen LogP) is 2.42. The number of hydrogen-bond donors (Lipinski definition) is 2. The molecule has 0 atom stereocenters. The largest absolute Gasteiger partial charge is 0.389 e. The molecule has 0 bridgehead atoms. The standard InChI is InChI=1S/C10H20F3N3/c1-9(2,3)16-8(14)15-7-5-4-6-10(11,12)13/h4-7H2,1-3H3,(H3,14,15,16). The lowest BCUT2D eigenvalue weighted by atomic mass is 10.1. The number of halogens is 3. The van der Waals surface area contributed by atoms with Gasteiger partial charge in [-0.25, -0.2) is 0 Å². The zero-order chi connectivity index (χ0) is 12.8. The number of nitrogens with one attached hydrogen (secondary N) is 1. The zero-order valence-corrected chi connectivity index (χ0v) is 9.99. The van der Waals surface area contributed by atoms with E-state index in [1.54, 1.807) is 0 Å². The Hall–Kier alpha value is -0.940. The average Bonchev–Trinajstić information content (AvgIpc) is 1.97. The molecule has 0 aliphatic rings. The summed E-state index contributed by atoms with van der Waals surface area (Å²) in [4.78, 5) is 3.95. The molecule has 0 unspecified atom stereocenters. The summed E-state index contributed by atoms with van der Waals surface area (Å²) in [6.45, 7) is 6.11. The van der Waals surface area contributed by atoms with Crippen LogP contribution >= 0.6 is 0 Å². The summed E-state index contributed by atoms with van der Waals surface area (Å²) in [6, 6.07) is 0. The third-order valence-electron chi connectivity index (χ3n) is 1.65. The lowest BCUT2D eigenvalue weighted by Gasteiger charge is -2.20. The van der Waals surface area contributed by atoms with E-state index in [4.69, 9.17) is 5.73 Å². The minimum absolute atomic E-state index is 0.0931. The summed E-state index contributed by atoms with van der Waals surface area (Å²) in [5.74, 6) is 0.277. The van der Waals surface area contributed by atoms with Crippen molar-refractivity contribution in [3.05, 3.63) is 0 Å². The van der Waals surface area contributed by atoms with Crippen molar-refractivity contribution in [1.82, 2.24) is 5.32 Å². The highest BCUT2D eigenvalue weighted by Gasteiger charge is 2.25. The zero-order valence-electron chi connectivity index (χ0n) is 9.99. The van der Waals surface area contributed by atoms with Gasteiger partial charge >= 0.3 is 6.18 Å². The van der Waals surface area contributed by atoms with E-state index in [1.165, 1.54) is 0 Å². The van der Waals surface area contributed by atoms with E-state index >= 15 is 0 Å². The minimum Gasteiger partial charge on any atom is -0.370 e. The molecule has 0 aromatic heterocycles.